The van der Waals surface area contributed by atoms with E-state index in [0.717, 1.165) is 4.47 Å². The zero-order chi connectivity index (χ0) is 13.1. The summed E-state index contributed by atoms with van der Waals surface area (Å²) in [5.74, 6) is -0.00477. The molecule has 0 saturated carbocycles. The van der Waals surface area contributed by atoms with Gasteiger partial charge in [0.15, 0.2) is 9.84 Å². The molecule has 0 fully saturated rings. The van der Waals surface area contributed by atoms with Crippen LogP contribution in [-0.2, 0) is 9.84 Å². The van der Waals surface area contributed by atoms with Crippen molar-refractivity contribution >= 4 is 25.8 Å². The van der Waals surface area contributed by atoms with Crippen molar-refractivity contribution in [2.45, 2.75) is 25.2 Å². The molecule has 0 unspecified atom stereocenters. The lowest BCUT2D eigenvalue weighted by atomic mass is 9.93. The van der Waals surface area contributed by atoms with Crippen LogP contribution in [0.3, 0.4) is 0 Å². The second kappa shape index (κ2) is 5.19. The molecule has 5 heteroatoms. The first-order valence-corrected chi connectivity index (χ1v) is 7.61. The highest BCUT2D eigenvalue weighted by Crippen LogP contribution is 2.23. The molecule has 0 bridgehead atoms. The van der Waals surface area contributed by atoms with Gasteiger partial charge in [0.2, 0.25) is 0 Å². The van der Waals surface area contributed by atoms with Crippen LogP contribution in [0.25, 0.3) is 0 Å². The monoisotopic (exact) mass is 315 g/mol. The summed E-state index contributed by atoms with van der Waals surface area (Å²) in [5.41, 5.74) is -0.609. The first-order valence-electron chi connectivity index (χ1n) is 5.16. The number of nitriles is 1. The molecule has 0 N–H and O–H groups in total. The molecule has 0 saturated heterocycles. The second-order valence-electron chi connectivity index (χ2n) is 4.52. The van der Waals surface area contributed by atoms with Gasteiger partial charge < -0.3 is 0 Å². The van der Waals surface area contributed by atoms with Crippen molar-refractivity contribution in [1.29, 1.82) is 5.26 Å². The molecule has 0 heterocycles. The summed E-state index contributed by atoms with van der Waals surface area (Å²) in [6, 6.07) is 8.63. The zero-order valence-electron chi connectivity index (χ0n) is 9.77. The molecule has 0 radical (unpaired) electrons. The molecular weight excluding hydrogens is 302 g/mol. The van der Waals surface area contributed by atoms with Gasteiger partial charge in [-0.05, 0) is 44.5 Å². The van der Waals surface area contributed by atoms with Gasteiger partial charge in [0.1, 0.15) is 0 Å². The van der Waals surface area contributed by atoms with E-state index in [1.807, 2.05) is 0 Å². The minimum atomic E-state index is -3.29. The third-order valence-electron chi connectivity index (χ3n) is 2.47. The SMILES string of the molecule is CC(C)(C#N)CCS(=O)(=O)c1ccc(Br)cc1. The van der Waals surface area contributed by atoms with E-state index in [9.17, 15) is 8.42 Å². The lowest BCUT2D eigenvalue weighted by Crippen LogP contribution is -2.16. The first-order chi connectivity index (χ1) is 7.77. The predicted octanol–water partition coefficient (Wildman–Crippen LogP) is 3.16. The van der Waals surface area contributed by atoms with E-state index in [-0.39, 0.29) is 5.75 Å². The average Bonchev–Trinajstić information content (AvgIpc) is 2.27. The van der Waals surface area contributed by atoms with Crippen LogP contribution in [-0.4, -0.2) is 14.2 Å². The van der Waals surface area contributed by atoms with Crippen LogP contribution in [0.15, 0.2) is 33.6 Å². The fourth-order valence-electron chi connectivity index (χ4n) is 1.21. The number of halogens is 1. The standard InChI is InChI=1S/C12H14BrNO2S/c1-12(2,9-14)7-8-17(15,16)11-5-3-10(13)4-6-11/h3-6H,7-8H2,1-2H3. The normalized spacial score (nSPS) is 12.1. The van der Waals surface area contributed by atoms with E-state index < -0.39 is 15.3 Å². The van der Waals surface area contributed by atoms with Crippen molar-refractivity contribution in [2.24, 2.45) is 5.41 Å². The van der Waals surface area contributed by atoms with Crippen LogP contribution in [0.1, 0.15) is 20.3 Å². The van der Waals surface area contributed by atoms with Crippen LogP contribution in [0.5, 0.6) is 0 Å². The Balaban J connectivity index is 2.84. The maximum Gasteiger partial charge on any atom is 0.178 e. The molecule has 3 nitrogen and oxygen atoms in total. The maximum atomic E-state index is 12.0. The summed E-state index contributed by atoms with van der Waals surface area (Å²) in [5, 5.41) is 8.85. The first kappa shape index (κ1) is 14.2. The summed E-state index contributed by atoms with van der Waals surface area (Å²) in [6.45, 7) is 3.48. The Morgan fingerprint density at radius 2 is 1.82 bits per heavy atom. The summed E-state index contributed by atoms with van der Waals surface area (Å²) >= 11 is 3.26. The van der Waals surface area contributed by atoms with Gasteiger partial charge in [-0.1, -0.05) is 15.9 Å². The Bertz CT molecular complexity index is 527. The Kier molecular flexibility index (Phi) is 4.34. The van der Waals surface area contributed by atoms with Crippen LogP contribution < -0.4 is 0 Å². The van der Waals surface area contributed by atoms with Crippen molar-refractivity contribution in [3.8, 4) is 6.07 Å². The van der Waals surface area contributed by atoms with Crippen molar-refractivity contribution in [3.05, 3.63) is 28.7 Å². The van der Waals surface area contributed by atoms with Crippen LogP contribution in [0.2, 0.25) is 0 Å². The number of hydrogen-bond acceptors (Lipinski definition) is 3. The Morgan fingerprint density at radius 1 is 1.29 bits per heavy atom. The van der Waals surface area contributed by atoms with Gasteiger partial charge in [-0.2, -0.15) is 5.26 Å². The van der Waals surface area contributed by atoms with Gasteiger partial charge in [-0.15, -0.1) is 0 Å². The maximum absolute atomic E-state index is 12.0. The fourth-order valence-corrected chi connectivity index (χ4v) is 3.04. The third-order valence-corrected chi connectivity index (χ3v) is 4.73. The largest absolute Gasteiger partial charge is 0.224 e. The van der Waals surface area contributed by atoms with Gasteiger partial charge in [0.25, 0.3) is 0 Å². The van der Waals surface area contributed by atoms with Gasteiger partial charge in [-0.25, -0.2) is 8.42 Å². The van der Waals surface area contributed by atoms with Gasteiger partial charge in [0.05, 0.1) is 22.1 Å². The summed E-state index contributed by atoms with van der Waals surface area (Å²) in [7, 11) is -3.29. The van der Waals surface area contributed by atoms with Crippen LogP contribution in [0.4, 0.5) is 0 Å². The molecule has 0 amide bonds. The number of hydrogen-bond donors (Lipinski definition) is 0. The highest BCUT2D eigenvalue weighted by molar-refractivity contribution is 9.10. The second-order valence-corrected chi connectivity index (χ2v) is 7.54. The molecule has 0 spiro atoms. The summed E-state index contributed by atoms with van der Waals surface area (Å²) in [4.78, 5) is 0.300. The van der Waals surface area contributed by atoms with Crippen LogP contribution in [0, 0.1) is 16.7 Å². The molecule has 92 valence electrons. The van der Waals surface area contributed by atoms with E-state index in [0.29, 0.717) is 11.3 Å². The van der Waals surface area contributed by atoms with E-state index >= 15 is 0 Å². The summed E-state index contributed by atoms with van der Waals surface area (Å²) in [6.07, 6.45) is 0.335. The van der Waals surface area contributed by atoms with Crippen molar-refractivity contribution in [3.63, 3.8) is 0 Å². The lowest BCUT2D eigenvalue weighted by molar-refractivity contribution is 0.473. The molecule has 0 atom stereocenters. The highest BCUT2D eigenvalue weighted by atomic mass is 79.9. The van der Waals surface area contributed by atoms with Gasteiger partial charge in [0, 0.05) is 4.47 Å². The predicted molar refractivity (Wildman–Crippen MR) is 70.2 cm³/mol. The van der Waals surface area contributed by atoms with E-state index in [1.165, 1.54) is 0 Å². The number of sulfone groups is 1. The number of rotatable bonds is 4. The Labute approximate surface area is 111 Å². The zero-order valence-corrected chi connectivity index (χ0v) is 12.2. The summed E-state index contributed by atoms with van der Waals surface area (Å²) < 4.78 is 24.8. The van der Waals surface area contributed by atoms with Crippen LogP contribution >= 0.6 is 15.9 Å². The van der Waals surface area contributed by atoms with Gasteiger partial charge >= 0.3 is 0 Å². The Morgan fingerprint density at radius 3 is 2.29 bits per heavy atom. The molecule has 0 aliphatic carbocycles. The smallest absolute Gasteiger partial charge is 0.178 e. The minimum absolute atomic E-state index is 0.00477. The van der Waals surface area contributed by atoms with Crippen molar-refractivity contribution in [2.75, 3.05) is 5.75 Å². The molecule has 0 aliphatic heterocycles. The molecule has 0 aromatic heterocycles. The quantitative estimate of drug-likeness (QED) is 0.857. The third kappa shape index (κ3) is 4.14. The van der Waals surface area contributed by atoms with E-state index in [2.05, 4.69) is 22.0 Å². The average molecular weight is 316 g/mol. The highest BCUT2D eigenvalue weighted by Gasteiger charge is 2.22. The van der Waals surface area contributed by atoms with Crippen molar-refractivity contribution in [1.82, 2.24) is 0 Å². The molecule has 0 aliphatic rings. The minimum Gasteiger partial charge on any atom is -0.224 e. The molecular formula is C12H14BrNO2S. The molecule has 1 aromatic rings. The van der Waals surface area contributed by atoms with E-state index in [4.69, 9.17) is 5.26 Å². The van der Waals surface area contributed by atoms with E-state index in [1.54, 1.807) is 38.1 Å². The van der Waals surface area contributed by atoms with Crippen molar-refractivity contribution < 1.29 is 8.42 Å². The number of benzene rings is 1. The Hall–Kier alpha value is -0.860. The molecule has 1 aromatic carbocycles. The lowest BCUT2D eigenvalue weighted by Gasteiger charge is -2.14. The van der Waals surface area contributed by atoms with Gasteiger partial charge in [-0.3, -0.25) is 0 Å². The molecule has 1 rings (SSSR count). The number of nitrogens with zero attached hydrogens (tertiary/aromatic N) is 1. The fraction of sp³-hybridized carbons (Fsp3) is 0.417. The topological polar surface area (TPSA) is 57.9 Å². The molecule has 17 heavy (non-hydrogen) atoms.